The Labute approximate surface area is 137 Å². The molecule has 0 fully saturated rings. The summed E-state index contributed by atoms with van der Waals surface area (Å²) < 4.78 is 0. The van der Waals surface area contributed by atoms with Crippen LogP contribution in [0.5, 0.6) is 0 Å². The molecule has 0 aliphatic rings. The molecule has 2 aromatic heterocycles. The predicted molar refractivity (Wildman–Crippen MR) is 95.1 cm³/mol. The van der Waals surface area contributed by atoms with E-state index in [1.165, 1.54) is 10.8 Å². The third-order valence-corrected chi connectivity index (χ3v) is 4.35. The topological polar surface area (TPSA) is 50.7 Å². The molecule has 0 spiro atoms. The van der Waals surface area contributed by atoms with Gasteiger partial charge in [-0.2, -0.15) is 0 Å². The first-order valence-corrected chi connectivity index (χ1v) is 8.16. The minimum atomic E-state index is 0.761. The molecule has 2 aromatic carbocycles. The maximum absolute atomic E-state index is 4.66. The van der Waals surface area contributed by atoms with Crippen LogP contribution in [0, 0.1) is 6.92 Å². The molecule has 0 radical (unpaired) electrons. The van der Waals surface area contributed by atoms with Gasteiger partial charge < -0.3 is 5.32 Å². The van der Waals surface area contributed by atoms with Crippen molar-refractivity contribution in [2.45, 2.75) is 6.92 Å². The lowest BCUT2D eigenvalue weighted by atomic mass is 10.1. The van der Waals surface area contributed by atoms with E-state index in [9.17, 15) is 0 Å². The summed E-state index contributed by atoms with van der Waals surface area (Å²) in [5.74, 6) is 0.761. The minimum absolute atomic E-state index is 0.761. The second-order valence-electron chi connectivity index (χ2n) is 5.27. The van der Waals surface area contributed by atoms with Crippen LogP contribution in [0.2, 0.25) is 0 Å². The summed E-state index contributed by atoms with van der Waals surface area (Å²) in [5, 5.41) is 8.57. The number of hydrogen-bond donors (Lipinski definition) is 1. The third-order valence-electron chi connectivity index (χ3n) is 3.59. The Hall–Kier alpha value is -2.79. The van der Waals surface area contributed by atoms with Gasteiger partial charge in [-0.3, -0.25) is 0 Å². The Morgan fingerprint density at radius 3 is 2.70 bits per heavy atom. The maximum atomic E-state index is 4.66. The number of benzene rings is 2. The lowest BCUT2D eigenvalue weighted by Crippen LogP contribution is -1.94. The molecule has 1 N–H and O–H groups in total. The molecule has 2 heterocycles. The molecular weight excluding hydrogens is 304 g/mol. The summed E-state index contributed by atoms with van der Waals surface area (Å²) in [7, 11) is 0. The normalized spacial score (nSPS) is 10.8. The molecular formula is C18H14N4S. The molecule has 0 amide bonds. The van der Waals surface area contributed by atoms with Gasteiger partial charge in [0, 0.05) is 22.7 Å². The molecule has 0 bridgehead atoms. The van der Waals surface area contributed by atoms with E-state index in [1.807, 2.05) is 13.0 Å². The molecule has 0 saturated carbocycles. The monoisotopic (exact) mass is 318 g/mol. The van der Waals surface area contributed by atoms with Gasteiger partial charge in [0.25, 0.3) is 0 Å². The number of nitrogens with one attached hydrogen (secondary N) is 1. The third kappa shape index (κ3) is 2.91. The van der Waals surface area contributed by atoms with E-state index in [0.717, 1.165) is 27.9 Å². The number of aryl methyl sites for hydroxylation is 1. The van der Waals surface area contributed by atoms with Crippen LogP contribution >= 0.6 is 11.3 Å². The zero-order chi connectivity index (χ0) is 15.6. The summed E-state index contributed by atoms with van der Waals surface area (Å²) in [6.07, 6.45) is 1.55. The van der Waals surface area contributed by atoms with Crippen LogP contribution in [0.3, 0.4) is 0 Å². The first-order chi connectivity index (χ1) is 11.3. The zero-order valence-electron chi connectivity index (χ0n) is 12.5. The van der Waals surface area contributed by atoms with E-state index >= 15 is 0 Å². The van der Waals surface area contributed by atoms with Crippen molar-refractivity contribution in [3.63, 3.8) is 0 Å². The average Bonchev–Trinajstić information content (AvgIpc) is 3.03. The van der Waals surface area contributed by atoms with Gasteiger partial charge in [0.05, 0.1) is 5.69 Å². The molecule has 0 atom stereocenters. The summed E-state index contributed by atoms with van der Waals surface area (Å²) in [6, 6.07) is 16.6. The smallest absolute Gasteiger partial charge is 0.188 e. The van der Waals surface area contributed by atoms with Gasteiger partial charge in [0.2, 0.25) is 0 Å². The van der Waals surface area contributed by atoms with E-state index < -0.39 is 0 Å². The Kier molecular flexibility index (Phi) is 3.48. The second-order valence-corrected chi connectivity index (χ2v) is 6.13. The van der Waals surface area contributed by atoms with Crippen molar-refractivity contribution in [2.75, 3.05) is 5.32 Å². The number of thiazole rings is 1. The number of fused-ring (bicyclic) bond motifs is 1. The van der Waals surface area contributed by atoms with E-state index in [0.29, 0.717) is 0 Å². The number of aromatic nitrogens is 3. The van der Waals surface area contributed by atoms with E-state index in [-0.39, 0.29) is 0 Å². The largest absolute Gasteiger partial charge is 0.316 e. The second kappa shape index (κ2) is 5.78. The van der Waals surface area contributed by atoms with Gasteiger partial charge in [-0.05, 0) is 23.8 Å². The van der Waals surface area contributed by atoms with E-state index in [4.69, 9.17) is 0 Å². The van der Waals surface area contributed by atoms with E-state index in [1.54, 1.807) is 17.7 Å². The highest BCUT2D eigenvalue weighted by Crippen LogP contribution is 2.28. The lowest BCUT2D eigenvalue weighted by molar-refractivity contribution is 1.10. The van der Waals surface area contributed by atoms with Gasteiger partial charge in [0.15, 0.2) is 5.13 Å². The van der Waals surface area contributed by atoms with Gasteiger partial charge >= 0.3 is 0 Å². The first kappa shape index (κ1) is 13.8. The Morgan fingerprint density at radius 1 is 0.957 bits per heavy atom. The fourth-order valence-corrected chi connectivity index (χ4v) is 3.17. The van der Waals surface area contributed by atoms with Gasteiger partial charge in [0.1, 0.15) is 12.1 Å². The van der Waals surface area contributed by atoms with Crippen LogP contribution in [-0.4, -0.2) is 15.0 Å². The van der Waals surface area contributed by atoms with E-state index in [2.05, 4.69) is 68.1 Å². The molecule has 23 heavy (non-hydrogen) atoms. The Morgan fingerprint density at radius 2 is 1.83 bits per heavy atom. The van der Waals surface area contributed by atoms with Crippen LogP contribution in [-0.2, 0) is 0 Å². The van der Waals surface area contributed by atoms with Crippen LogP contribution in [0.25, 0.3) is 22.0 Å². The van der Waals surface area contributed by atoms with Crippen molar-refractivity contribution in [3.8, 4) is 11.3 Å². The maximum Gasteiger partial charge on any atom is 0.188 e. The summed E-state index contributed by atoms with van der Waals surface area (Å²) in [5.41, 5.74) is 3.01. The Bertz CT molecular complexity index is 977. The molecule has 4 aromatic rings. The number of rotatable bonds is 3. The van der Waals surface area contributed by atoms with Crippen LogP contribution in [0.15, 0.2) is 60.2 Å². The quantitative estimate of drug-likeness (QED) is 0.589. The van der Waals surface area contributed by atoms with Crippen molar-refractivity contribution in [1.82, 2.24) is 15.0 Å². The zero-order valence-corrected chi connectivity index (χ0v) is 13.3. The average molecular weight is 318 g/mol. The summed E-state index contributed by atoms with van der Waals surface area (Å²) in [4.78, 5) is 13.0. The van der Waals surface area contributed by atoms with Crippen LogP contribution in [0.1, 0.15) is 5.69 Å². The highest BCUT2D eigenvalue weighted by molar-refractivity contribution is 7.14. The van der Waals surface area contributed by atoms with Crippen molar-refractivity contribution < 1.29 is 0 Å². The standard InChI is InChI=1S/C18H14N4S/c1-12-8-17(20-11-19-12)22-18-21-16(10-23-18)15-7-6-13-4-2-3-5-14(13)9-15/h2-11H,1H3,(H,19,20,21,22). The number of hydrogen-bond acceptors (Lipinski definition) is 5. The molecule has 0 saturated heterocycles. The van der Waals surface area contributed by atoms with Crippen molar-refractivity contribution in [3.05, 3.63) is 65.9 Å². The molecule has 0 unspecified atom stereocenters. The predicted octanol–water partition coefficient (Wildman–Crippen LogP) is 4.81. The number of nitrogens with zero attached hydrogens (tertiary/aromatic N) is 3. The lowest BCUT2D eigenvalue weighted by Gasteiger charge is -2.02. The van der Waals surface area contributed by atoms with Gasteiger partial charge in [-0.1, -0.05) is 36.4 Å². The highest BCUT2D eigenvalue weighted by atomic mass is 32.1. The fraction of sp³-hybridized carbons (Fsp3) is 0.0556. The summed E-state index contributed by atoms with van der Waals surface area (Å²) in [6.45, 7) is 1.94. The van der Waals surface area contributed by atoms with Gasteiger partial charge in [-0.25, -0.2) is 15.0 Å². The van der Waals surface area contributed by atoms with Gasteiger partial charge in [-0.15, -0.1) is 11.3 Å². The molecule has 112 valence electrons. The van der Waals surface area contributed by atoms with Crippen molar-refractivity contribution in [1.29, 1.82) is 0 Å². The van der Waals surface area contributed by atoms with Crippen molar-refractivity contribution >= 4 is 33.1 Å². The molecule has 4 nitrogen and oxygen atoms in total. The first-order valence-electron chi connectivity index (χ1n) is 7.28. The molecule has 4 rings (SSSR count). The Balaban J connectivity index is 1.63. The molecule has 0 aliphatic carbocycles. The fourth-order valence-electron chi connectivity index (χ4n) is 2.44. The SMILES string of the molecule is Cc1cc(Nc2nc(-c3ccc4ccccc4c3)cs2)ncn1. The molecule has 5 heteroatoms. The minimum Gasteiger partial charge on any atom is -0.316 e. The number of anilines is 2. The summed E-state index contributed by atoms with van der Waals surface area (Å²) >= 11 is 1.57. The molecule has 0 aliphatic heterocycles. The van der Waals surface area contributed by atoms with Crippen LogP contribution < -0.4 is 5.32 Å². The van der Waals surface area contributed by atoms with Crippen LogP contribution in [0.4, 0.5) is 10.9 Å². The van der Waals surface area contributed by atoms with Crippen molar-refractivity contribution in [2.24, 2.45) is 0 Å². The highest BCUT2D eigenvalue weighted by Gasteiger charge is 2.06.